The molecule has 0 amide bonds. The van der Waals surface area contributed by atoms with Crippen molar-refractivity contribution in [2.45, 2.75) is 6.92 Å². The molecule has 4 heteroatoms. The molecule has 0 saturated heterocycles. The molecule has 0 aliphatic rings. The zero-order valence-corrected chi connectivity index (χ0v) is 9.71. The Morgan fingerprint density at radius 2 is 1.94 bits per heavy atom. The number of halogens is 1. The Kier molecular flexibility index (Phi) is 2.79. The van der Waals surface area contributed by atoms with Crippen LogP contribution in [0, 0.1) is 6.92 Å². The molecule has 1 aromatic heterocycles. The molecule has 16 heavy (non-hydrogen) atoms. The van der Waals surface area contributed by atoms with Crippen LogP contribution in [0.25, 0.3) is 10.8 Å². The van der Waals surface area contributed by atoms with Crippen molar-refractivity contribution >= 4 is 28.3 Å². The standard InChI is InChI=1S/C12H10ClNO2/c1-7-8-5-3-4-6-9(8)11(13)14-10(7)12(15)16-2/h3-6H,1-2H3. The Morgan fingerprint density at radius 1 is 1.31 bits per heavy atom. The van der Waals surface area contributed by atoms with E-state index in [1.165, 1.54) is 7.11 Å². The molecule has 0 saturated carbocycles. The third-order valence-corrected chi connectivity index (χ3v) is 2.79. The second-order valence-electron chi connectivity index (χ2n) is 3.41. The van der Waals surface area contributed by atoms with E-state index in [9.17, 15) is 4.79 Å². The predicted molar refractivity (Wildman–Crippen MR) is 62.8 cm³/mol. The highest BCUT2D eigenvalue weighted by Gasteiger charge is 2.15. The molecule has 2 aromatic rings. The van der Waals surface area contributed by atoms with Crippen LogP contribution >= 0.6 is 11.6 Å². The quantitative estimate of drug-likeness (QED) is 0.564. The lowest BCUT2D eigenvalue weighted by molar-refractivity contribution is 0.0593. The van der Waals surface area contributed by atoms with Crippen molar-refractivity contribution in [2.24, 2.45) is 0 Å². The Labute approximate surface area is 98.0 Å². The molecule has 0 aliphatic carbocycles. The molecule has 0 fully saturated rings. The Morgan fingerprint density at radius 3 is 2.56 bits per heavy atom. The Balaban J connectivity index is 2.80. The van der Waals surface area contributed by atoms with Crippen LogP contribution in [0.15, 0.2) is 24.3 Å². The molecule has 0 aliphatic heterocycles. The summed E-state index contributed by atoms with van der Waals surface area (Å²) in [5.41, 5.74) is 1.05. The van der Waals surface area contributed by atoms with Gasteiger partial charge in [-0.25, -0.2) is 9.78 Å². The largest absolute Gasteiger partial charge is 0.464 e. The van der Waals surface area contributed by atoms with Gasteiger partial charge in [-0.2, -0.15) is 0 Å². The van der Waals surface area contributed by atoms with Crippen molar-refractivity contribution in [1.29, 1.82) is 0 Å². The van der Waals surface area contributed by atoms with E-state index in [0.29, 0.717) is 5.15 Å². The van der Waals surface area contributed by atoms with Gasteiger partial charge in [-0.15, -0.1) is 0 Å². The van der Waals surface area contributed by atoms with Gasteiger partial charge in [0.05, 0.1) is 7.11 Å². The van der Waals surface area contributed by atoms with Gasteiger partial charge in [-0.05, 0) is 17.9 Å². The van der Waals surface area contributed by atoms with Crippen LogP contribution in [-0.4, -0.2) is 18.1 Å². The first-order valence-electron chi connectivity index (χ1n) is 4.78. The highest BCUT2D eigenvalue weighted by atomic mass is 35.5. The number of fused-ring (bicyclic) bond motifs is 1. The van der Waals surface area contributed by atoms with Gasteiger partial charge in [-0.1, -0.05) is 35.9 Å². The van der Waals surface area contributed by atoms with Crippen molar-refractivity contribution in [3.63, 3.8) is 0 Å². The normalized spacial score (nSPS) is 10.4. The highest BCUT2D eigenvalue weighted by molar-refractivity contribution is 6.34. The molecule has 2 rings (SSSR count). The second kappa shape index (κ2) is 4.10. The number of carbonyl (C=O) groups excluding carboxylic acids is 1. The first-order valence-corrected chi connectivity index (χ1v) is 5.16. The van der Waals surface area contributed by atoms with E-state index in [2.05, 4.69) is 9.72 Å². The number of methoxy groups -OCH3 is 1. The van der Waals surface area contributed by atoms with Crippen molar-refractivity contribution in [1.82, 2.24) is 4.98 Å². The van der Waals surface area contributed by atoms with Gasteiger partial charge in [0, 0.05) is 5.39 Å². The van der Waals surface area contributed by atoms with E-state index in [1.54, 1.807) is 0 Å². The molecular formula is C12H10ClNO2. The third kappa shape index (κ3) is 1.63. The highest BCUT2D eigenvalue weighted by Crippen LogP contribution is 2.26. The topological polar surface area (TPSA) is 39.2 Å². The zero-order valence-electron chi connectivity index (χ0n) is 8.95. The summed E-state index contributed by atoms with van der Waals surface area (Å²) in [6.07, 6.45) is 0. The molecule has 82 valence electrons. The van der Waals surface area contributed by atoms with Crippen molar-refractivity contribution in [2.75, 3.05) is 7.11 Å². The summed E-state index contributed by atoms with van der Waals surface area (Å²) in [4.78, 5) is 15.5. The summed E-state index contributed by atoms with van der Waals surface area (Å²) in [6, 6.07) is 7.56. The minimum atomic E-state index is -0.467. The third-order valence-electron chi connectivity index (χ3n) is 2.50. The monoisotopic (exact) mass is 235 g/mol. The Bertz CT molecular complexity index is 566. The molecule has 1 aromatic carbocycles. The summed E-state index contributed by atoms with van der Waals surface area (Å²) in [6.45, 7) is 1.83. The number of ether oxygens (including phenoxy) is 1. The lowest BCUT2D eigenvalue weighted by atomic mass is 10.1. The number of pyridine rings is 1. The predicted octanol–water partition coefficient (Wildman–Crippen LogP) is 2.98. The van der Waals surface area contributed by atoms with Crippen LogP contribution in [0.3, 0.4) is 0 Å². The molecule has 0 N–H and O–H groups in total. The molecular weight excluding hydrogens is 226 g/mol. The lowest BCUT2D eigenvalue weighted by Crippen LogP contribution is -2.07. The number of aromatic nitrogens is 1. The van der Waals surface area contributed by atoms with Crippen molar-refractivity contribution < 1.29 is 9.53 Å². The van der Waals surface area contributed by atoms with Crippen LogP contribution in [-0.2, 0) is 4.74 Å². The fourth-order valence-electron chi connectivity index (χ4n) is 1.66. The number of hydrogen-bond acceptors (Lipinski definition) is 3. The van der Waals surface area contributed by atoms with Gasteiger partial charge < -0.3 is 4.74 Å². The minimum Gasteiger partial charge on any atom is -0.464 e. The minimum absolute atomic E-state index is 0.270. The second-order valence-corrected chi connectivity index (χ2v) is 3.77. The van der Waals surface area contributed by atoms with Crippen molar-refractivity contribution in [3.8, 4) is 0 Å². The Hall–Kier alpha value is -1.61. The number of esters is 1. The molecule has 3 nitrogen and oxygen atoms in total. The zero-order chi connectivity index (χ0) is 11.7. The van der Waals surface area contributed by atoms with Gasteiger partial charge in [0.15, 0.2) is 5.69 Å². The first kappa shape index (κ1) is 10.9. The van der Waals surface area contributed by atoms with Crippen LogP contribution in [0.1, 0.15) is 16.1 Å². The molecule has 0 bridgehead atoms. The van der Waals surface area contributed by atoms with Gasteiger partial charge in [0.25, 0.3) is 0 Å². The summed E-state index contributed by atoms with van der Waals surface area (Å²) in [7, 11) is 1.33. The first-order chi connectivity index (χ1) is 7.65. The smallest absolute Gasteiger partial charge is 0.357 e. The van der Waals surface area contributed by atoms with Crippen LogP contribution in [0.2, 0.25) is 5.15 Å². The van der Waals surface area contributed by atoms with Crippen LogP contribution in [0.4, 0.5) is 0 Å². The summed E-state index contributed by atoms with van der Waals surface area (Å²) >= 11 is 6.02. The van der Waals surface area contributed by atoms with E-state index < -0.39 is 5.97 Å². The maximum Gasteiger partial charge on any atom is 0.357 e. The summed E-state index contributed by atoms with van der Waals surface area (Å²) in [5.74, 6) is -0.467. The van der Waals surface area contributed by atoms with Crippen molar-refractivity contribution in [3.05, 3.63) is 40.7 Å². The number of benzene rings is 1. The van der Waals surface area contributed by atoms with Crippen LogP contribution in [0.5, 0.6) is 0 Å². The number of nitrogens with zero attached hydrogens (tertiary/aromatic N) is 1. The SMILES string of the molecule is COC(=O)c1nc(Cl)c2ccccc2c1C. The summed E-state index contributed by atoms with van der Waals surface area (Å²) < 4.78 is 4.66. The number of rotatable bonds is 1. The van der Waals surface area contributed by atoms with Gasteiger partial charge in [0.2, 0.25) is 0 Å². The molecule has 0 spiro atoms. The van der Waals surface area contributed by atoms with E-state index in [-0.39, 0.29) is 5.69 Å². The van der Waals surface area contributed by atoms with E-state index in [4.69, 9.17) is 11.6 Å². The fourth-order valence-corrected chi connectivity index (χ4v) is 1.90. The lowest BCUT2D eigenvalue weighted by Gasteiger charge is -2.08. The number of carbonyl (C=O) groups is 1. The van der Waals surface area contributed by atoms with E-state index in [0.717, 1.165) is 16.3 Å². The van der Waals surface area contributed by atoms with Crippen LogP contribution < -0.4 is 0 Å². The maximum absolute atomic E-state index is 11.5. The van der Waals surface area contributed by atoms with Gasteiger partial charge in [-0.3, -0.25) is 0 Å². The molecule has 1 heterocycles. The molecule has 0 unspecified atom stereocenters. The van der Waals surface area contributed by atoms with Gasteiger partial charge >= 0.3 is 5.97 Å². The van der Waals surface area contributed by atoms with Gasteiger partial charge in [0.1, 0.15) is 5.15 Å². The maximum atomic E-state index is 11.5. The van der Waals surface area contributed by atoms with E-state index in [1.807, 2.05) is 31.2 Å². The number of hydrogen-bond donors (Lipinski definition) is 0. The fraction of sp³-hybridized carbons (Fsp3) is 0.167. The molecule has 0 radical (unpaired) electrons. The average Bonchev–Trinajstić information content (AvgIpc) is 2.33. The molecule has 0 atom stereocenters. The average molecular weight is 236 g/mol. The number of aryl methyl sites for hydroxylation is 1. The van der Waals surface area contributed by atoms with E-state index >= 15 is 0 Å². The summed E-state index contributed by atoms with van der Waals surface area (Å²) in [5, 5.41) is 2.08.